The Morgan fingerprint density at radius 3 is 2.34 bits per heavy atom. The Morgan fingerprint density at radius 1 is 0.875 bits per heavy atom. The number of carbonyl (C=O) groups is 1. The van der Waals surface area contributed by atoms with Gasteiger partial charge in [-0.1, -0.05) is 36.4 Å². The molecule has 1 atom stereocenters. The molecule has 0 fully saturated rings. The predicted octanol–water partition coefficient (Wildman–Crippen LogP) is 5.01. The second-order valence-electron chi connectivity index (χ2n) is 6.77. The molecule has 7 heteroatoms. The molecule has 2 aromatic carbocycles. The third-order valence-corrected chi connectivity index (χ3v) is 4.56. The number of carbonyl (C=O) groups excluding carboxylic acids is 1. The highest BCUT2D eigenvalue weighted by molar-refractivity contribution is 5.96. The number of amides is 1. The zero-order valence-electron chi connectivity index (χ0n) is 17.0. The summed E-state index contributed by atoms with van der Waals surface area (Å²) in [5.41, 5.74) is 1.78. The molecule has 4 rings (SSSR count). The van der Waals surface area contributed by atoms with E-state index in [1.165, 1.54) is 0 Å². The zero-order chi connectivity index (χ0) is 22.2. The number of hydrogen-bond acceptors (Lipinski definition) is 6. The van der Waals surface area contributed by atoms with Crippen molar-refractivity contribution >= 4 is 17.4 Å². The molecule has 0 spiro atoms. The molecule has 156 valence electrons. The summed E-state index contributed by atoms with van der Waals surface area (Å²) in [6.45, 7) is 0. The number of nitrogens with one attached hydrogen (secondary N) is 2. The highest BCUT2D eigenvalue weighted by Gasteiger charge is 2.19. The van der Waals surface area contributed by atoms with Crippen LogP contribution in [0.4, 0.5) is 11.5 Å². The maximum absolute atomic E-state index is 12.9. The number of hydrogen-bond donors (Lipinski definition) is 2. The Labute approximate surface area is 185 Å². The van der Waals surface area contributed by atoms with Crippen molar-refractivity contribution < 1.29 is 9.53 Å². The lowest BCUT2D eigenvalue weighted by atomic mass is 10.1. The van der Waals surface area contributed by atoms with Crippen molar-refractivity contribution in [3.05, 3.63) is 108 Å². The first-order valence-electron chi connectivity index (χ1n) is 9.89. The van der Waals surface area contributed by atoms with Crippen LogP contribution in [0.5, 0.6) is 11.6 Å². The van der Waals surface area contributed by atoms with Crippen LogP contribution in [0, 0.1) is 11.3 Å². The van der Waals surface area contributed by atoms with E-state index < -0.39 is 11.9 Å². The molecule has 4 aromatic rings. The first kappa shape index (κ1) is 20.6. The van der Waals surface area contributed by atoms with E-state index in [0.717, 1.165) is 11.5 Å². The van der Waals surface area contributed by atoms with Gasteiger partial charge in [0.15, 0.2) is 0 Å². The molecule has 32 heavy (non-hydrogen) atoms. The minimum absolute atomic E-state index is 0.153. The first-order chi connectivity index (χ1) is 15.7. The summed E-state index contributed by atoms with van der Waals surface area (Å²) in [6.07, 6.45) is 3.25. The summed E-state index contributed by atoms with van der Waals surface area (Å²) in [6, 6.07) is 26.5. The molecule has 2 N–H and O–H groups in total. The maximum Gasteiger partial charge on any atom is 0.258 e. The molecular formula is C25H19N5O2. The van der Waals surface area contributed by atoms with Gasteiger partial charge in [0.25, 0.3) is 5.91 Å². The highest BCUT2D eigenvalue weighted by Crippen LogP contribution is 2.26. The standard InChI is InChI=1S/C25H19N5O2/c26-17-22(18-7-2-1-3-8-18)30-24(31)21-9-6-16-28-25(21)32-20-13-11-19(12-14-20)29-23-10-4-5-15-27-23/h1-16,22H,(H,27,29)(H,30,31). The van der Waals surface area contributed by atoms with Gasteiger partial charge in [-0.15, -0.1) is 0 Å². The Hall–Kier alpha value is -4.70. The van der Waals surface area contributed by atoms with Crippen LogP contribution < -0.4 is 15.4 Å². The molecule has 0 aliphatic carbocycles. The van der Waals surface area contributed by atoms with Crippen molar-refractivity contribution in [2.24, 2.45) is 0 Å². The van der Waals surface area contributed by atoms with Crippen LogP contribution in [-0.4, -0.2) is 15.9 Å². The number of rotatable bonds is 7. The predicted molar refractivity (Wildman–Crippen MR) is 121 cm³/mol. The molecule has 1 unspecified atom stereocenters. The monoisotopic (exact) mass is 421 g/mol. The SMILES string of the molecule is N#CC(NC(=O)c1cccnc1Oc1ccc(Nc2ccccn2)cc1)c1ccccc1. The molecule has 2 aromatic heterocycles. The fourth-order valence-electron chi connectivity index (χ4n) is 2.99. The number of ether oxygens (including phenoxy) is 1. The van der Waals surface area contributed by atoms with Crippen LogP contribution in [0.2, 0.25) is 0 Å². The van der Waals surface area contributed by atoms with Gasteiger partial charge >= 0.3 is 0 Å². The summed E-state index contributed by atoms with van der Waals surface area (Å²) >= 11 is 0. The van der Waals surface area contributed by atoms with Crippen LogP contribution in [-0.2, 0) is 0 Å². The summed E-state index contributed by atoms with van der Waals surface area (Å²) in [5.74, 6) is 0.955. The average molecular weight is 421 g/mol. The van der Waals surface area contributed by atoms with Crippen molar-refractivity contribution in [2.75, 3.05) is 5.32 Å². The van der Waals surface area contributed by atoms with Crippen LogP contribution in [0.3, 0.4) is 0 Å². The molecule has 0 bridgehead atoms. The number of aromatic nitrogens is 2. The summed E-state index contributed by atoms with van der Waals surface area (Å²) in [4.78, 5) is 21.3. The quantitative estimate of drug-likeness (QED) is 0.435. The van der Waals surface area contributed by atoms with E-state index in [-0.39, 0.29) is 11.4 Å². The first-order valence-corrected chi connectivity index (χ1v) is 9.89. The Bertz CT molecular complexity index is 1220. The summed E-state index contributed by atoms with van der Waals surface area (Å²) < 4.78 is 5.86. The molecule has 0 radical (unpaired) electrons. The third-order valence-electron chi connectivity index (χ3n) is 4.56. The number of pyridine rings is 2. The van der Waals surface area contributed by atoms with Gasteiger partial charge in [-0.05, 0) is 54.1 Å². The molecule has 0 aliphatic rings. The maximum atomic E-state index is 12.9. The number of anilines is 2. The minimum atomic E-state index is -0.784. The molecule has 0 aliphatic heterocycles. The van der Waals surface area contributed by atoms with Gasteiger partial charge in [0, 0.05) is 18.1 Å². The second-order valence-corrected chi connectivity index (χ2v) is 6.77. The van der Waals surface area contributed by atoms with E-state index in [0.29, 0.717) is 11.3 Å². The van der Waals surface area contributed by atoms with Crippen molar-refractivity contribution in [3.8, 4) is 17.7 Å². The summed E-state index contributed by atoms with van der Waals surface area (Å²) in [5, 5.41) is 15.4. The van der Waals surface area contributed by atoms with Crippen LogP contribution in [0.25, 0.3) is 0 Å². The van der Waals surface area contributed by atoms with Crippen molar-refractivity contribution in [2.45, 2.75) is 6.04 Å². The van der Waals surface area contributed by atoms with Gasteiger partial charge in [-0.25, -0.2) is 9.97 Å². The molecule has 1 amide bonds. The largest absolute Gasteiger partial charge is 0.438 e. The highest BCUT2D eigenvalue weighted by atomic mass is 16.5. The smallest absolute Gasteiger partial charge is 0.258 e. The normalized spacial score (nSPS) is 11.1. The van der Waals surface area contributed by atoms with Crippen molar-refractivity contribution in [3.63, 3.8) is 0 Å². The van der Waals surface area contributed by atoms with Crippen LogP contribution >= 0.6 is 0 Å². The fraction of sp³-hybridized carbons (Fsp3) is 0.0400. The van der Waals surface area contributed by atoms with Gasteiger partial charge in [0.1, 0.15) is 23.2 Å². The van der Waals surface area contributed by atoms with Gasteiger partial charge in [-0.2, -0.15) is 5.26 Å². The van der Waals surface area contributed by atoms with E-state index >= 15 is 0 Å². The number of nitriles is 1. The number of benzene rings is 2. The van der Waals surface area contributed by atoms with E-state index in [9.17, 15) is 10.1 Å². The second kappa shape index (κ2) is 9.87. The van der Waals surface area contributed by atoms with Crippen molar-refractivity contribution in [1.82, 2.24) is 15.3 Å². The van der Waals surface area contributed by atoms with Gasteiger partial charge < -0.3 is 15.4 Å². The Kier molecular flexibility index (Phi) is 6.34. The van der Waals surface area contributed by atoms with Crippen LogP contribution in [0.15, 0.2) is 97.3 Å². The Morgan fingerprint density at radius 2 is 1.62 bits per heavy atom. The lowest BCUT2D eigenvalue weighted by molar-refractivity contribution is 0.0942. The molecular weight excluding hydrogens is 402 g/mol. The van der Waals surface area contributed by atoms with Crippen molar-refractivity contribution in [1.29, 1.82) is 5.26 Å². The molecule has 0 saturated heterocycles. The van der Waals surface area contributed by atoms with Gasteiger partial charge in [0.2, 0.25) is 5.88 Å². The minimum Gasteiger partial charge on any atom is -0.438 e. The van der Waals surface area contributed by atoms with Gasteiger partial charge in [0.05, 0.1) is 6.07 Å². The van der Waals surface area contributed by atoms with E-state index in [2.05, 4.69) is 26.7 Å². The van der Waals surface area contributed by atoms with E-state index in [1.54, 1.807) is 48.8 Å². The fourth-order valence-corrected chi connectivity index (χ4v) is 2.99. The average Bonchev–Trinajstić information content (AvgIpc) is 2.85. The molecule has 2 heterocycles. The Balaban J connectivity index is 1.47. The van der Waals surface area contributed by atoms with E-state index in [1.807, 2.05) is 48.5 Å². The summed E-state index contributed by atoms with van der Waals surface area (Å²) in [7, 11) is 0. The van der Waals surface area contributed by atoms with E-state index in [4.69, 9.17) is 4.74 Å². The lowest BCUT2D eigenvalue weighted by Crippen LogP contribution is -2.28. The lowest BCUT2D eigenvalue weighted by Gasteiger charge is -2.14. The molecule has 7 nitrogen and oxygen atoms in total. The molecule has 0 saturated carbocycles. The zero-order valence-corrected chi connectivity index (χ0v) is 17.0. The van der Waals surface area contributed by atoms with Gasteiger partial charge in [-0.3, -0.25) is 4.79 Å². The number of nitrogens with zero attached hydrogens (tertiary/aromatic N) is 3. The third kappa shape index (κ3) is 5.07. The van der Waals surface area contributed by atoms with Crippen LogP contribution in [0.1, 0.15) is 22.0 Å². The topological polar surface area (TPSA) is 99.9 Å².